The van der Waals surface area contributed by atoms with Gasteiger partial charge in [0.2, 0.25) is 0 Å². The number of hydrogen-bond donors (Lipinski definition) is 0. The second-order valence-corrected chi connectivity index (χ2v) is 22.0. The lowest BCUT2D eigenvalue weighted by atomic mass is 9.65. The van der Waals surface area contributed by atoms with Crippen molar-refractivity contribution in [3.63, 3.8) is 0 Å². The summed E-state index contributed by atoms with van der Waals surface area (Å²) in [5.74, 6) is -1.74. The van der Waals surface area contributed by atoms with E-state index in [1.54, 1.807) is 36.4 Å². The second kappa shape index (κ2) is 17.1. The van der Waals surface area contributed by atoms with Crippen molar-refractivity contribution in [2.24, 2.45) is 0 Å². The van der Waals surface area contributed by atoms with Crippen molar-refractivity contribution < 1.29 is 26.4 Å². The first-order valence-corrected chi connectivity index (χ1v) is 27.9. The number of benzene rings is 13. The van der Waals surface area contributed by atoms with Crippen LogP contribution in [0.15, 0.2) is 258 Å². The molecule has 1 aliphatic heterocycles. The van der Waals surface area contributed by atoms with Crippen molar-refractivity contribution in [1.82, 2.24) is 4.57 Å². The van der Waals surface area contributed by atoms with E-state index in [0.29, 0.717) is 44.7 Å². The molecule has 5 nitrogen and oxygen atoms in total. The van der Waals surface area contributed by atoms with E-state index >= 15 is 17.6 Å². The third-order valence-electron chi connectivity index (χ3n) is 17.8. The van der Waals surface area contributed by atoms with Gasteiger partial charge in [-0.3, -0.25) is 0 Å². The van der Waals surface area contributed by atoms with Crippen molar-refractivity contribution in [3.05, 3.63) is 294 Å². The van der Waals surface area contributed by atoms with Crippen LogP contribution in [0.2, 0.25) is 0 Å². The van der Waals surface area contributed by atoms with Gasteiger partial charge < -0.3 is 23.2 Å². The summed E-state index contributed by atoms with van der Waals surface area (Å²) in [6.07, 6.45) is 0. The monoisotopic (exact) mass is 1090 g/mol. The van der Waals surface area contributed by atoms with Crippen LogP contribution in [-0.4, -0.2) is 4.57 Å². The molecule has 9 heteroatoms. The van der Waals surface area contributed by atoms with Crippen LogP contribution in [0.25, 0.3) is 104 Å². The lowest BCUT2D eigenvalue weighted by Crippen LogP contribution is -2.33. The number of aromatic nitrogens is 1. The second-order valence-electron chi connectivity index (χ2n) is 22.0. The highest BCUT2D eigenvalue weighted by atomic mass is 19.1. The predicted octanol–water partition coefficient (Wildman–Crippen LogP) is 21.1. The fourth-order valence-electron chi connectivity index (χ4n) is 14.4. The maximum atomic E-state index is 15.9. The largest absolute Gasteiger partial charge is 0.451 e. The molecule has 0 atom stereocenters. The van der Waals surface area contributed by atoms with E-state index in [1.165, 1.54) is 47.5 Å². The first-order chi connectivity index (χ1) is 41.3. The average Bonchev–Trinajstić information content (AvgIpc) is 1.59. The summed E-state index contributed by atoms with van der Waals surface area (Å²) in [6, 6.07) is 80.4. The minimum atomic E-state index is -0.938. The molecule has 0 fully saturated rings. The predicted molar refractivity (Wildman–Crippen MR) is 330 cm³/mol. The first kappa shape index (κ1) is 46.8. The van der Waals surface area contributed by atoms with Crippen molar-refractivity contribution >= 4 is 121 Å². The Morgan fingerprint density at radius 1 is 0.321 bits per heavy atom. The summed E-state index contributed by atoms with van der Waals surface area (Å²) in [7, 11) is 0. The van der Waals surface area contributed by atoms with Gasteiger partial charge in [0.25, 0.3) is 0 Å². The molecule has 0 unspecified atom stereocenters. The molecule has 0 saturated heterocycles. The molecule has 0 saturated carbocycles. The van der Waals surface area contributed by atoms with Crippen LogP contribution in [0.3, 0.4) is 0 Å². The number of nitrogens with zero attached hydrogens (tertiary/aromatic N) is 3. The molecule has 3 aromatic heterocycles. The van der Waals surface area contributed by atoms with Gasteiger partial charge in [-0.1, -0.05) is 140 Å². The summed E-state index contributed by atoms with van der Waals surface area (Å²) >= 11 is 0. The number of anilines is 6. The molecular weight excluding hydrogens is 1050 g/mol. The molecule has 2 aliphatic rings. The van der Waals surface area contributed by atoms with E-state index in [0.717, 1.165) is 93.4 Å². The average molecular weight is 1090 g/mol. The molecule has 0 bridgehead atoms. The van der Waals surface area contributed by atoms with Crippen LogP contribution in [-0.2, 0) is 5.41 Å². The van der Waals surface area contributed by atoms with Crippen LogP contribution < -0.4 is 9.80 Å². The van der Waals surface area contributed by atoms with Crippen LogP contribution in [0.5, 0.6) is 0 Å². The molecule has 0 amide bonds. The van der Waals surface area contributed by atoms with Crippen molar-refractivity contribution in [2.75, 3.05) is 9.80 Å². The molecule has 1 spiro atoms. The number of halogens is 4. The highest BCUT2D eigenvalue weighted by Gasteiger charge is 2.52. The SMILES string of the molecule is Fc1ccc(N(c2ccc3c(c2)c2cc(N(c4ccc(F)cc4)c4cccc5c4oc4c(F)cccc45)cc4c2n3-c2ccccc2C42c3ccc4ccccc4c3-c3c2ccc2ccccc32)c2cccc3c2oc2c(F)cccc23)cc1. The van der Waals surface area contributed by atoms with Crippen molar-refractivity contribution in [1.29, 1.82) is 0 Å². The number of para-hydroxylation sites is 5. The minimum absolute atomic E-state index is 0.142. The molecule has 4 heterocycles. The Hall–Kier alpha value is -10.9. The molecule has 13 aromatic carbocycles. The zero-order valence-electron chi connectivity index (χ0n) is 44.3. The first-order valence-electron chi connectivity index (χ1n) is 27.9. The molecule has 0 radical (unpaired) electrons. The highest BCUT2D eigenvalue weighted by Crippen LogP contribution is 2.64. The van der Waals surface area contributed by atoms with Gasteiger partial charge in [0, 0.05) is 55.1 Å². The van der Waals surface area contributed by atoms with Gasteiger partial charge in [-0.05, 0) is 164 Å². The van der Waals surface area contributed by atoms with E-state index in [1.807, 2.05) is 53.4 Å². The quantitative estimate of drug-likeness (QED) is 0.156. The Morgan fingerprint density at radius 3 is 1.36 bits per heavy atom. The normalized spacial score (nSPS) is 13.1. The Kier molecular flexibility index (Phi) is 9.52. The lowest BCUT2D eigenvalue weighted by molar-refractivity contribution is 0.584. The van der Waals surface area contributed by atoms with Gasteiger partial charge in [0.05, 0.1) is 33.5 Å². The van der Waals surface area contributed by atoms with Crippen molar-refractivity contribution in [3.8, 4) is 16.8 Å². The molecule has 18 rings (SSSR count). The molecule has 396 valence electrons. The standard InChI is InChI=1S/C75H41F4N3O2/c76-44-27-31-46(32-28-44)80(66-23-9-17-54-52-15-7-20-62(78)71(52)83-73(54)66)48-35-38-64-56(39-48)57-40-49(81(47-33-29-45(77)30-34-47)67-24-10-18-55-53-16-8-21-63(79)72(53)84-74(55)67)41-61-70(57)82(64)65-22-6-5-19-58(65)75(61)59-36-25-42-11-1-3-13-50(42)68(59)69-51-14-4-2-12-43(51)26-37-60(69)75/h1-41H. The molecular formula is C75H41F4N3O2. The number of rotatable bonds is 6. The van der Waals surface area contributed by atoms with Crippen LogP contribution >= 0.6 is 0 Å². The topological polar surface area (TPSA) is 37.7 Å². The summed E-state index contributed by atoms with van der Waals surface area (Å²) in [5, 5.41) is 9.07. The molecule has 0 N–H and O–H groups in total. The Labute approximate surface area is 476 Å². The zero-order valence-corrected chi connectivity index (χ0v) is 44.3. The minimum Gasteiger partial charge on any atom is -0.451 e. The third kappa shape index (κ3) is 6.22. The Balaban J connectivity index is 1.01. The Bertz CT molecular complexity index is 5440. The molecule has 1 aliphatic carbocycles. The van der Waals surface area contributed by atoms with Gasteiger partial charge >= 0.3 is 0 Å². The summed E-state index contributed by atoms with van der Waals surface area (Å²) < 4.78 is 77.5. The zero-order chi connectivity index (χ0) is 55.7. The Morgan fingerprint density at radius 2 is 0.786 bits per heavy atom. The highest BCUT2D eigenvalue weighted by molar-refractivity contribution is 6.19. The molecule has 84 heavy (non-hydrogen) atoms. The van der Waals surface area contributed by atoms with Crippen molar-refractivity contribution in [2.45, 2.75) is 5.41 Å². The maximum absolute atomic E-state index is 15.9. The third-order valence-corrected chi connectivity index (χ3v) is 17.8. The van der Waals surface area contributed by atoms with E-state index in [4.69, 9.17) is 8.83 Å². The summed E-state index contributed by atoms with van der Waals surface area (Å²) in [4.78, 5) is 4.14. The van der Waals surface area contributed by atoms with E-state index in [-0.39, 0.29) is 11.2 Å². The van der Waals surface area contributed by atoms with Gasteiger partial charge in [0.15, 0.2) is 34.0 Å². The summed E-state index contributed by atoms with van der Waals surface area (Å²) in [5.41, 5.74) is 13.9. The van der Waals surface area contributed by atoms with Crippen LogP contribution in [0.1, 0.15) is 22.3 Å². The van der Waals surface area contributed by atoms with E-state index in [2.05, 4.69) is 137 Å². The van der Waals surface area contributed by atoms with Gasteiger partial charge in [0.1, 0.15) is 11.6 Å². The fourth-order valence-corrected chi connectivity index (χ4v) is 14.4. The number of fused-ring (bicyclic) bond motifs is 22. The van der Waals surface area contributed by atoms with Crippen LogP contribution in [0, 0.1) is 23.3 Å². The van der Waals surface area contributed by atoms with Gasteiger partial charge in [-0.2, -0.15) is 0 Å². The van der Waals surface area contributed by atoms with E-state index < -0.39 is 28.7 Å². The van der Waals surface area contributed by atoms with Gasteiger partial charge in [-0.15, -0.1) is 0 Å². The molecule has 16 aromatic rings. The van der Waals surface area contributed by atoms with Gasteiger partial charge in [-0.25, -0.2) is 17.6 Å². The summed E-state index contributed by atoms with van der Waals surface area (Å²) in [6.45, 7) is 0. The lowest BCUT2D eigenvalue weighted by Gasteiger charge is -2.40. The maximum Gasteiger partial charge on any atom is 0.171 e. The number of furan rings is 2. The number of hydrogen-bond acceptors (Lipinski definition) is 4. The smallest absolute Gasteiger partial charge is 0.171 e. The van der Waals surface area contributed by atoms with E-state index in [9.17, 15) is 0 Å². The van der Waals surface area contributed by atoms with Crippen LogP contribution in [0.4, 0.5) is 51.7 Å². The fraction of sp³-hybridized carbons (Fsp3) is 0.0133.